The molecule has 8 nitrogen and oxygen atoms in total. The Labute approximate surface area is 154 Å². The molecule has 0 atom stereocenters. The second-order valence-electron chi connectivity index (χ2n) is 5.86. The lowest BCUT2D eigenvalue weighted by Crippen LogP contribution is -2.14. The number of sulfone groups is 1. The number of hydrogen-bond donors (Lipinski definition) is 4. The number of carbonyl (C=O) groups excluding carboxylic acids is 1. The molecule has 0 aliphatic rings. The number of nitrogens with two attached hydrogens (primary N) is 1. The van der Waals surface area contributed by atoms with Gasteiger partial charge < -0.3 is 20.9 Å². The van der Waals surface area contributed by atoms with Crippen molar-refractivity contribution in [2.45, 2.75) is 11.8 Å². The molecule has 0 aliphatic carbocycles. The summed E-state index contributed by atoms with van der Waals surface area (Å²) in [5, 5.41) is 20.2. The van der Waals surface area contributed by atoms with Crippen molar-refractivity contribution in [2.24, 2.45) is 5.73 Å². The zero-order valence-corrected chi connectivity index (χ0v) is 15.0. The van der Waals surface area contributed by atoms with E-state index in [9.17, 15) is 28.2 Å². The molecular weight excluding hydrogens is 372 g/mol. The van der Waals surface area contributed by atoms with Gasteiger partial charge in [0.1, 0.15) is 11.4 Å². The van der Waals surface area contributed by atoms with Gasteiger partial charge in [-0.25, -0.2) is 13.2 Å². The Morgan fingerprint density at radius 1 is 1.19 bits per heavy atom. The van der Waals surface area contributed by atoms with Gasteiger partial charge >= 0.3 is 5.97 Å². The van der Waals surface area contributed by atoms with Crippen molar-refractivity contribution in [1.29, 1.82) is 0 Å². The van der Waals surface area contributed by atoms with Crippen molar-refractivity contribution in [3.63, 3.8) is 0 Å². The van der Waals surface area contributed by atoms with Crippen LogP contribution in [0.15, 0.2) is 41.3 Å². The maximum absolute atomic E-state index is 12.6. The molecule has 1 amide bonds. The minimum absolute atomic E-state index is 0.0193. The van der Waals surface area contributed by atoms with Gasteiger partial charge in [0, 0.05) is 22.0 Å². The number of fused-ring (bicyclic) bond motifs is 1. The minimum atomic E-state index is -3.86. The van der Waals surface area contributed by atoms with Crippen molar-refractivity contribution in [1.82, 2.24) is 4.98 Å². The van der Waals surface area contributed by atoms with Crippen LogP contribution in [0.25, 0.3) is 22.0 Å². The van der Waals surface area contributed by atoms with Crippen molar-refractivity contribution in [2.75, 3.05) is 5.75 Å². The first kappa shape index (κ1) is 18.5. The van der Waals surface area contributed by atoms with Gasteiger partial charge in [-0.3, -0.25) is 4.79 Å². The fraction of sp³-hybridized carbons (Fsp3) is 0.111. The number of primary amides is 1. The molecule has 0 saturated carbocycles. The summed E-state index contributed by atoms with van der Waals surface area (Å²) in [4.78, 5) is 25.8. The number of aromatic carboxylic acids is 1. The standard InChI is InChI=1S/C18H16N2O6S/c1-2-27(25,26)14-8-10(17(19)22)13(21)7-11(14)15-9-5-3-4-6-12(9)20-16(15)18(23)24/h3-8,20-21H,2H2,1H3,(H2,19,22)(H,23,24). The predicted octanol–water partition coefficient (Wildman–Crippen LogP) is 2.13. The van der Waals surface area contributed by atoms with E-state index in [1.165, 1.54) is 6.92 Å². The summed E-state index contributed by atoms with van der Waals surface area (Å²) in [5.41, 5.74) is 5.20. The van der Waals surface area contributed by atoms with Crippen molar-refractivity contribution in [3.05, 3.63) is 47.7 Å². The third kappa shape index (κ3) is 3.02. The lowest BCUT2D eigenvalue weighted by molar-refractivity contribution is 0.0692. The highest BCUT2D eigenvalue weighted by Gasteiger charge is 2.27. The normalized spacial score (nSPS) is 11.6. The summed E-state index contributed by atoms with van der Waals surface area (Å²) in [6.07, 6.45) is 0. The summed E-state index contributed by atoms with van der Waals surface area (Å²) in [6, 6.07) is 8.71. The number of carbonyl (C=O) groups is 2. The van der Waals surface area contributed by atoms with Crippen LogP contribution in [0.3, 0.4) is 0 Å². The summed E-state index contributed by atoms with van der Waals surface area (Å²) in [6.45, 7) is 1.42. The van der Waals surface area contributed by atoms with Crippen molar-refractivity contribution in [3.8, 4) is 16.9 Å². The highest BCUT2D eigenvalue weighted by Crippen LogP contribution is 2.39. The molecule has 27 heavy (non-hydrogen) atoms. The van der Waals surface area contributed by atoms with E-state index in [1.54, 1.807) is 24.3 Å². The van der Waals surface area contributed by atoms with Gasteiger partial charge in [0.15, 0.2) is 9.84 Å². The van der Waals surface area contributed by atoms with Crippen LogP contribution in [0, 0.1) is 0 Å². The van der Waals surface area contributed by atoms with Crippen LogP contribution in [0.1, 0.15) is 27.8 Å². The van der Waals surface area contributed by atoms with Crippen LogP contribution < -0.4 is 5.73 Å². The Balaban J connectivity index is 2.51. The van der Waals surface area contributed by atoms with Crippen LogP contribution in [-0.2, 0) is 9.84 Å². The van der Waals surface area contributed by atoms with E-state index in [0.29, 0.717) is 10.9 Å². The van der Waals surface area contributed by atoms with Gasteiger partial charge in [0.05, 0.1) is 16.2 Å². The lowest BCUT2D eigenvalue weighted by atomic mass is 9.99. The van der Waals surface area contributed by atoms with E-state index < -0.39 is 27.5 Å². The number of aromatic hydroxyl groups is 1. The number of amides is 1. The van der Waals surface area contributed by atoms with E-state index in [2.05, 4.69) is 4.98 Å². The van der Waals surface area contributed by atoms with E-state index in [1.807, 2.05) is 0 Å². The summed E-state index contributed by atoms with van der Waals surface area (Å²) < 4.78 is 25.3. The number of hydrogen-bond acceptors (Lipinski definition) is 5. The molecule has 0 fully saturated rings. The lowest BCUT2D eigenvalue weighted by Gasteiger charge is -2.13. The van der Waals surface area contributed by atoms with E-state index >= 15 is 0 Å². The quantitative estimate of drug-likeness (QED) is 0.526. The number of nitrogens with one attached hydrogen (secondary N) is 1. The molecule has 0 spiro atoms. The Hall–Kier alpha value is -3.33. The third-order valence-electron chi connectivity index (χ3n) is 4.27. The van der Waals surface area contributed by atoms with Gasteiger partial charge in [-0.15, -0.1) is 0 Å². The van der Waals surface area contributed by atoms with Crippen molar-refractivity contribution >= 4 is 32.6 Å². The number of aromatic nitrogens is 1. The largest absolute Gasteiger partial charge is 0.507 e. The first-order valence-electron chi connectivity index (χ1n) is 7.91. The van der Waals surface area contributed by atoms with Crippen LogP contribution in [0.2, 0.25) is 0 Å². The monoisotopic (exact) mass is 388 g/mol. The maximum Gasteiger partial charge on any atom is 0.352 e. The fourth-order valence-corrected chi connectivity index (χ4v) is 4.06. The molecule has 3 rings (SSSR count). The topological polar surface area (TPSA) is 151 Å². The number of carboxylic acid groups (broad SMARTS) is 1. The van der Waals surface area contributed by atoms with Crippen molar-refractivity contribution < 1.29 is 28.2 Å². The molecule has 9 heteroatoms. The Kier molecular flexibility index (Phi) is 4.40. The van der Waals surface area contributed by atoms with Crippen LogP contribution in [-0.4, -0.2) is 41.2 Å². The number of H-pyrrole nitrogens is 1. The van der Waals surface area contributed by atoms with E-state index in [0.717, 1.165) is 12.1 Å². The minimum Gasteiger partial charge on any atom is -0.507 e. The Morgan fingerprint density at radius 3 is 2.44 bits per heavy atom. The number of rotatable bonds is 5. The van der Waals surface area contributed by atoms with Gasteiger partial charge in [-0.05, 0) is 18.2 Å². The van der Waals surface area contributed by atoms with E-state index in [-0.39, 0.29) is 33.0 Å². The smallest absolute Gasteiger partial charge is 0.352 e. The molecular formula is C18H16N2O6S. The van der Waals surface area contributed by atoms with Gasteiger partial charge in [0.25, 0.3) is 5.91 Å². The number of para-hydroxylation sites is 1. The summed E-state index contributed by atoms with van der Waals surface area (Å²) in [5.74, 6) is -3.11. The number of benzene rings is 2. The molecule has 0 saturated heterocycles. The summed E-state index contributed by atoms with van der Waals surface area (Å²) in [7, 11) is -3.86. The molecule has 2 aromatic carbocycles. The average Bonchev–Trinajstić information content (AvgIpc) is 3.00. The van der Waals surface area contributed by atoms with Crippen LogP contribution in [0.5, 0.6) is 5.75 Å². The molecule has 5 N–H and O–H groups in total. The first-order valence-corrected chi connectivity index (χ1v) is 9.56. The maximum atomic E-state index is 12.6. The Morgan fingerprint density at radius 2 is 1.85 bits per heavy atom. The summed E-state index contributed by atoms with van der Waals surface area (Å²) >= 11 is 0. The highest BCUT2D eigenvalue weighted by molar-refractivity contribution is 7.91. The fourth-order valence-electron chi connectivity index (χ4n) is 2.96. The first-order chi connectivity index (χ1) is 12.7. The van der Waals surface area contributed by atoms with Gasteiger partial charge in [-0.1, -0.05) is 25.1 Å². The van der Waals surface area contributed by atoms with Crippen LogP contribution >= 0.6 is 0 Å². The molecule has 0 bridgehead atoms. The molecule has 0 aliphatic heterocycles. The van der Waals surface area contributed by atoms with Crippen LogP contribution in [0.4, 0.5) is 0 Å². The predicted molar refractivity (Wildman–Crippen MR) is 98.6 cm³/mol. The van der Waals surface area contributed by atoms with Gasteiger partial charge in [-0.2, -0.15) is 0 Å². The Bertz CT molecular complexity index is 1190. The third-order valence-corrected chi connectivity index (χ3v) is 6.04. The number of carboxylic acids is 1. The molecule has 140 valence electrons. The number of aromatic amines is 1. The molecule has 1 aromatic heterocycles. The molecule has 3 aromatic rings. The second kappa shape index (κ2) is 6.44. The molecule has 0 unspecified atom stereocenters. The average molecular weight is 388 g/mol. The number of phenols is 1. The SMILES string of the molecule is CCS(=O)(=O)c1cc(C(N)=O)c(O)cc1-c1c(C(=O)O)[nH]c2ccccc12. The second-order valence-corrected chi connectivity index (χ2v) is 8.11. The highest BCUT2D eigenvalue weighted by atomic mass is 32.2. The van der Waals surface area contributed by atoms with E-state index in [4.69, 9.17) is 5.73 Å². The van der Waals surface area contributed by atoms with Gasteiger partial charge in [0.2, 0.25) is 0 Å². The molecule has 0 radical (unpaired) electrons. The zero-order chi connectivity index (χ0) is 19.9. The zero-order valence-electron chi connectivity index (χ0n) is 14.2. The molecule has 1 heterocycles.